The van der Waals surface area contributed by atoms with Crippen LogP contribution in [0.2, 0.25) is 0 Å². The van der Waals surface area contributed by atoms with Gasteiger partial charge >= 0.3 is 12.0 Å². The molecule has 0 aromatic carbocycles. The summed E-state index contributed by atoms with van der Waals surface area (Å²) in [6.07, 6.45) is 3.68. The molecule has 1 saturated heterocycles. The SMILES string of the molecule is CCOC(=O)C1=C(CN2CCCC2c2ccc(C)s2)NC(=O)NC1c1ccco1. The van der Waals surface area contributed by atoms with Crippen LogP contribution in [0, 0.1) is 6.92 Å². The summed E-state index contributed by atoms with van der Waals surface area (Å²) < 4.78 is 10.8. The molecule has 4 rings (SSSR count). The zero-order valence-corrected chi connectivity index (χ0v) is 17.4. The summed E-state index contributed by atoms with van der Waals surface area (Å²) in [4.78, 5) is 30.1. The summed E-state index contributed by atoms with van der Waals surface area (Å²) in [5.74, 6) is 0.0615. The van der Waals surface area contributed by atoms with Gasteiger partial charge in [-0.25, -0.2) is 9.59 Å². The minimum absolute atomic E-state index is 0.259. The van der Waals surface area contributed by atoms with Crippen LogP contribution in [0.25, 0.3) is 0 Å². The summed E-state index contributed by atoms with van der Waals surface area (Å²) in [6, 6.07) is 7.07. The van der Waals surface area contributed by atoms with E-state index in [9.17, 15) is 9.59 Å². The smallest absolute Gasteiger partial charge is 0.338 e. The molecule has 2 aromatic heterocycles. The molecule has 2 aliphatic rings. The molecule has 2 atom stereocenters. The third-order valence-electron chi connectivity index (χ3n) is 5.29. The minimum atomic E-state index is -0.669. The number of carbonyl (C=O) groups is 2. The third kappa shape index (κ3) is 4.09. The lowest BCUT2D eigenvalue weighted by molar-refractivity contribution is -0.139. The van der Waals surface area contributed by atoms with E-state index in [0.717, 1.165) is 19.4 Å². The first-order valence-corrected chi connectivity index (χ1v) is 10.7. The van der Waals surface area contributed by atoms with Crippen LogP contribution in [0.3, 0.4) is 0 Å². The van der Waals surface area contributed by atoms with Crippen molar-refractivity contribution in [2.75, 3.05) is 19.7 Å². The first-order chi connectivity index (χ1) is 14.1. The van der Waals surface area contributed by atoms with Gasteiger partial charge in [0.1, 0.15) is 11.8 Å². The predicted octanol–water partition coefficient (Wildman–Crippen LogP) is 3.66. The van der Waals surface area contributed by atoms with Gasteiger partial charge in [0.25, 0.3) is 0 Å². The van der Waals surface area contributed by atoms with E-state index in [4.69, 9.17) is 9.15 Å². The molecule has 0 saturated carbocycles. The van der Waals surface area contributed by atoms with E-state index in [2.05, 4.69) is 34.6 Å². The predicted molar refractivity (Wildman–Crippen MR) is 109 cm³/mol. The monoisotopic (exact) mass is 415 g/mol. The van der Waals surface area contributed by atoms with Crippen molar-refractivity contribution in [3.63, 3.8) is 0 Å². The molecule has 0 radical (unpaired) electrons. The number of likely N-dealkylation sites (tertiary alicyclic amines) is 1. The van der Waals surface area contributed by atoms with Crippen LogP contribution in [0.5, 0.6) is 0 Å². The molecule has 1 fully saturated rings. The average Bonchev–Trinajstić information content (AvgIpc) is 3.42. The number of furan rings is 1. The van der Waals surface area contributed by atoms with Crippen molar-refractivity contribution < 1.29 is 18.7 Å². The fourth-order valence-electron chi connectivity index (χ4n) is 4.03. The maximum absolute atomic E-state index is 12.8. The Balaban J connectivity index is 1.68. The van der Waals surface area contributed by atoms with Crippen molar-refractivity contribution >= 4 is 23.3 Å². The van der Waals surface area contributed by atoms with Crippen molar-refractivity contribution in [1.29, 1.82) is 0 Å². The third-order valence-corrected chi connectivity index (χ3v) is 6.39. The van der Waals surface area contributed by atoms with Crippen molar-refractivity contribution in [1.82, 2.24) is 15.5 Å². The number of hydrogen-bond acceptors (Lipinski definition) is 6. The van der Waals surface area contributed by atoms with Crippen molar-refractivity contribution in [2.24, 2.45) is 0 Å². The van der Waals surface area contributed by atoms with Crippen LogP contribution >= 0.6 is 11.3 Å². The lowest BCUT2D eigenvalue weighted by Crippen LogP contribution is -2.48. The number of thiophene rings is 1. The van der Waals surface area contributed by atoms with E-state index < -0.39 is 12.0 Å². The Bertz CT molecular complexity index is 918. The molecule has 154 valence electrons. The number of esters is 1. The quantitative estimate of drug-likeness (QED) is 0.704. The Morgan fingerprint density at radius 2 is 2.24 bits per heavy atom. The van der Waals surface area contributed by atoms with Gasteiger partial charge in [-0.3, -0.25) is 4.90 Å². The first kappa shape index (κ1) is 19.7. The number of nitrogens with one attached hydrogen (secondary N) is 2. The Hall–Kier alpha value is -2.58. The molecule has 7 nitrogen and oxygen atoms in total. The van der Waals surface area contributed by atoms with E-state index in [1.165, 1.54) is 16.0 Å². The molecule has 2 aromatic rings. The Kier molecular flexibility index (Phi) is 5.73. The van der Waals surface area contributed by atoms with Gasteiger partial charge in [-0.1, -0.05) is 0 Å². The molecule has 2 amide bonds. The fraction of sp³-hybridized carbons (Fsp3) is 0.429. The van der Waals surface area contributed by atoms with E-state index >= 15 is 0 Å². The molecule has 4 heterocycles. The molecular weight excluding hydrogens is 390 g/mol. The molecule has 8 heteroatoms. The Morgan fingerprint density at radius 3 is 2.93 bits per heavy atom. The van der Waals surface area contributed by atoms with Gasteiger partial charge < -0.3 is 19.8 Å². The molecule has 2 unspecified atom stereocenters. The number of aryl methyl sites for hydroxylation is 1. The summed E-state index contributed by atoms with van der Waals surface area (Å²) in [7, 11) is 0. The van der Waals surface area contributed by atoms with Gasteiger partial charge in [0.05, 0.1) is 18.4 Å². The topological polar surface area (TPSA) is 83.8 Å². The van der Waals surface area contributed by atoms with Crippen LogP contribution < -0.4 is 10.6 Å². The maximum Gasteiger partial charge on any atom is 0.338 e. The van der Waals surface area contributed by atoms with Crippen molar-refractivity contribution in [3.8, 4) is 0 Å². The highest BCUT2D eigenvalue weighted by molar-refractivity contribution is 7.12. The van der Waals surface area contributed by atoms with Gasteiger partial charge in [-0.15, -0.1) is 11.3 Å². The lowest BCUT2D eigenvalue weighted by Gasteiger charge is -2.31. The zero-order chi connectivity index (χ0) is 20.4. The normalized spacial score (nSPS) is 22.5. The van der Waals surface area contributed by atoms with Crippen LogP contribution in [0.4, 0.5) is 4.79 Å². The minimum Gasteiger partial charge on any atom is -0.467 e. The molecule has 2 aliphatic heterocycles. The molecular formula is C21H25N3O4S. The maximum atomic E-state index is 12.8. The number of amides is 2. The van der Waals surface area contributed by atoms with E-state index in [1.807, 2.05) is 0 Å². The molecule has 29 heavy (non-hydrogen) atoms. The summed E-state index contributed by atoms with van der Waals surface area (Å²) >= 11 is 1.80. The molecule has 0 aliphatic carbocycles. The second-order valence-corrected chi connectivity index (χ2v) is 8.56. The number of nitrogens with zero attached hydrogens (tertiary/aromatic N) is 1. The second kappa shape index (κ2) is 8.42. The van der Waals surface area contributed by atoms with Crippen molar-refractivity contribution in [2.45, 2.75) is 38.8 Å². The van der Waals surface area contributed by atoms with E-state index in [0.29, 0.717) is 29.6 Å². The molecule has 0 spiro atoms. The number of hydrogen-bond donors (Lipinski definition) is 2. The number of urea groups is 1. The van der Waals surface area contributed by atoms with Gasteiger partial charge in [-0.05, 0) is 57.5 Å². The van der Waals surface area contributed by atoms with Crippen molar-refractivity contribution in [3.05, 3.63) is 57.3 Å². The van der Waals surface area contributed by atoms with Crippen LogP contribution in [-0.2, 0) is 9.53 Å². The standard InChI is InChI=1S/C21H25N3O4S/c1-3-27-20(25)18-14(22-21(26)23-19(18)16-7-5-11-28-16)12-24-10-4-6-15(24)17-9-8-13(2)29-17/h5,7-9,11,15,19H,3-4,6,10,12H2,1-2H3,(H2,22,23,26). The Labute approximate surface area is 173 Å². The van der Waals surface area contributed by atoms with Gasteiger partial charge in [0, 0.05) is 28.0 Å². The van der Waals surface area contributed by atoms with Crippen LogP contribution in [-0.4, -0.2) is 36.6 Å². The average molecular weight is 416 g/mol. The highest BCUT2D eigenvalue weighted by Crippen LogP contribution is 2.37. The largest absolute Gasteiger partial charge is 0.467 e. The molecule has 2 N–H and O–H groups in total. The first-order valence-electron chi connectivity index (χ1n) is 9.88. The zero-order valence-electron chi connectivity index (χ0n) is 16.6. The number of ether oxygens (including phenoxy) is 1. The summed E-state index contributed by atoms with van der Waals surface area (Å²) in [5, 5.41) is 5.64. The summed E-state index contributed by atoms with van der Waals surface area (Å²) in [6.45, 7) is 5.52. The highest BCUT2D eigenvalue weighted by atomic mass is 32.1. The second-order valence-electron chi connectivity index (χ2n) is 7.24. The van der Waals surface area contributed by atoms with Crippen LogP contribution in [0.1, 0.15) is 47.4 Å². The highest BCUT2D eigenvalue weighted by Gasteiger charge is 2.37. The van der Waals surface area contributed by atoms with Gasteiger partial charge in [0.2, 0.25) is 0 Å². The van der Waals surface area contributed by atoms with E-state index in [1.54, 1.807) is 30.4 Å². The van der Waals surface area contributed by atoms with Gasteiger partial charge in [0.15, 0.2) is 0 Å². The van der Waals surface area contributed by atoms with Gasteiger partial charge in [-0.2, -0.15) is 0 Å². The van der Waals surface area contributed by atoms with E-state index in [-0.39, 0.29) is 12.6 Å². The number of carbonyl (C=O) groups excluding carboxylic acids is 2. The Morgan fingerprint density at radius 1 is 1.38 bits per heavy atom. The lowest BCUT2D eigenvalue weighted by atomic mass is 9.99. The number of rotatable bonds is 6. The molecule has 0 bridgehead atoms. The summed E-state index contributed by atoms with van der Waals surface area (Å²) in [5.41, 5.74) is 0.975. The van der Waals surface area contributed by atoms with Crippen LogP contribution in [0.15, 0.2) is 46.2 Å². The fourth-order valence-corrected chi connectivity index (χ4v) is 5.08.